The number of carbonyl (C=O) groups excluding carboxylic acids is 1. The van der Waals surface area contributed by atoms with Gasteiger partial charge in [-0.2, -0.15) is 0 Å². The number of carboxylic acids is 1. The molecule has 0 aromatic heterocycles. The minimum Gasteiger partial charge on any atom is -0.480 e. The Morgan fingerprint density at radius 3 is 2.52 bits per heavy atom. The molecule has 2 aliphatic heterocycles. The van der Waals surface area contributed by atoms with Crippen molar-refractivity contribution in [2.24, 2.45) is 0 Å². The molecule has 120 valence electrons. The molecule has 0 aromatic rings. The van der Waals surface area contributed by atoms with Gasteiger partial charge in [0.2, 0.25) is 5.91 Å². The van der Waals surface area contributed by atoms with Gasteiger partial charge in [0.1, 0.15) is 6.04 Å². The fourth-order valence-electron chi connectivity index (χ4n) is 2.99. The summed E-state index contributed by atoms with van der Waals surface area (Å²) in [6.07, 6.45) is 5.00. The standard InChI is InChI=1S/C15H26N2O4/c1-12(15(19)20)16-7-9-17(10-8-16)14(18)6-5-13-4-2-3-11-21-13/h12-13H,2-11H2,1H3,(H,19,20). The van der Waals surface area contributed by atoms with Crippen molar-refractivity contribution in [1.29, 1.82) is 0 Å². The maximum Gasteiger partial charge on any atom is 0.320 e. The third-order valence-electron chi connectivity index (χ3n) is 4.53. The lowest BCUT2D eigenvalue weighted by Crippen LogP contribution is -2.53. The van der Waals surface area contributed by atoms with Crippen LogP contribution in [0.3, 0.4) is 0 Å². The molecule has 21 heavy (non-hydrogen) atoms. The van der Waals surface area contributed by atoms with Crippen molar-refractivity contribution < 1.29 is 19.4 Å². The molecule has 0 aromatic carbocycles. The summed E-state index contributed by atoms with van der Waals surface area (Å²) in [5, 5.41) is 9.00. The van der Waals surface area contributed by atoms with Gasteiger partial charge in [-0.1, -0.05) is 0 Å². The summed E-state index contributed by atoms with van der Waals surface area (Å²) in [5.74, 6) is -0.629. The smallest absolute Gasteiger partial charge is 0.320 e. The van der Waals surface area contributed by atoms with E-state index in [4.69, 9.17) is 9.84 Å². The predicted octanol–water partition coefficient (Wildman–Crippen LogP) is 0.953. The molecule has 1 amide bonds. The average molecular weight is 298 g/mol. The second-order valence-electron chi connectivity index (χ2n) is 5.96. The van der Waals surface area contributed by atoms with Crippen LogP contribution < -0.4 is 0 Å². The lowest BCUT2D eigenvalue weighted by Gasteiger charge is -2.36. The molecular weight excluding hydrogens is 272 g/mol. The second-order valence-corrected chi connectivity index (χ2v) is 5.96. The summed E-state index contributed by atoms with van der Waals surface area (Å²) in [6.45, 7) is 5.05. The summed E-state index contributed by atoms with van der Waals surface area (Å²) in [5.41, 5.74) is 0. The van der Waals surface area contributed by atoms with Gasteiger partial charge < -0.3 is 14.7 Å². The van der Waals surface area contributed by atoms with Crippen molar-refractivity contribution in [3.05, 3.63) is 0 Å². The first kappa shape index (κ1) is 16.2. The number of rotatable bonds is 5. The highest BCUT2D eigenvalue weighted by atomic mass is 16.5. The Kier molecular flexibility index (Phi) is 5.99. The summed E-state index contributed by atoms with van der Waals surface area (Å²) in [7, 11) is 0. The molecule has 0 bridgehead atoms. The Morgan fingerprint density at radius 2 is 1.95 bits per heavy atom. The van der Waals surface area contributed by atoms with E-state index in [0.29, 0.717) is 32.6 Å². The first-order valence-corrected chi connectivity index (χ1v) is 7.94. The van der Waals surface area contributed by atoms with E-state index in [0.717, 1.165) is 25.9 Å². The van der Waals surface area contributed by atoms with Crippen LogP contribution in [0.1, 0.15) is 39.0 Å². The van der Waals surface area contributed by atoms with E-state index in [1.807, 2.05) is 9.80 Å². The van der Waals surface area contributed by atoms with Crippen molar-refractivity contribution >= 4 is 11.9 Å². The van der Waals surface area contributed by atoms with Crippen molar-refractivity contribution in [2.75, 3.05) is 32.8 Å². The molecule has 0 spiro atoms. The Hall–Kier alpha value is -1.14. The molecule has 2 aliphatic rings. The molecule has 2 heterocycles. The first-order chi connectivity index (χ1) is 10.1. The third-order valence-corrected chi connectivity index (χ3v) is 4.53. The molecule has 0 aliphatic carbocycles. The van der Waals surface area contributed by atoms with Gasteiger partial charge in [0.25, 0.3) is 0 Å². The first-order valence-electron chi connectivity index (χ1n) is 7.94. The Balaban J connectivity index is 1.69. The number of amides is 1. The fourth-order valence-corrected chi connectivity index (χ4v) is 2.99. The molecule has 2 rings (SSSR count). The van der Waals surface area contributed by atoms with Gasteiger partial charge in [-0.15, -0.1) is 0 Å². The van der Waals surface area contributed by atoms with Crippen molar-refractivity contribution in [2.45, 2.75) is 51.2 Å². The van der Waals surface area contributed by atoms with Gasteiger partial charge in [-0.05, 0) is 32.6 Å². The maximum atomic E-state index is 12.2. The van der Waals surface area contributed by atoms with Gasteiger partial charge in [-0.25, -0.2) is 0 Å². The molecule has 0 saturated carbocycles. The van der Waals surface area contributed by atoms with Crippen molar-refractivity contribution in [3.63, 3.8) is 0 Å². The number of piperazine rings is 1. The molecule has 2 fully saturated rings. The SMILES string of the molecule is CC(C(=O)O)N1CCN(C(=O)CCC2CCCCO2)CC1. The van der Waals surface area contributed by atoms with E-state index in [-0.39, 0.29) is 12.0 Å². The van der Waals surface area contributed by atoms with Gasteiger partial charge in [0.15, 0.2) is 0 Å². The van der Waals surface area contributed by atoms with Crippen LogP contribution in [0.15, 0.2) is 0 Å². The quantitative estimate of drug-likeness (QED) is 0.818. The average Bonchev–Trinajstić information content (AvgIpc) is 2.53. The second kappa shape index (κ2) is 7.75. The number of carboxylic acid groups (broad SMARTS) is 1. The Labute approximate surface area is 126 Å². The van der Waals surface area contributed by atoms with E-state index >= 15 is 0 Å². The van der Waals surface area contributed by atoms with Crippen LogP contribution in [0.5, 0.6) is 0 Å². The highest BCUT2D eigenvalue weighted by Gasteiger charge is 2.27. The van der Waals surface area contributed by atoms with Crippen LogP contribution in [-0.4, -0.2) is 71.7 Å². The Morgan fingerprint density at radius 1 is 1.24 bits per heavy atom. The number of hydrogen-bond donors (Lipinski definition) is 1. The van der Waals surface area contributed by atoms with Gasteiger partial charge in [-0.3, -0.25) is 14.5 Å². The molecule has 2 saturated heterocycles. The summed E-state index contributed by atoms with van der Waals surface area (Å²) in [4.78, 5) is 26.9. The van der Waals surface area contributed by atoms with Crippen LogP contribution >= 0.6 is 0 Å². The van der Waals surface area contributed by atoms with Crippen LogP contribution in [0, 0.1) is 0 Å². The largest absolute Gasteiger partial charge is 0.480 e. The number of ether oxygens (including phenoxy) is 1. The molecule has 6 heteroatoms. The number of carbonyl (C=O) groups is 2. The predicted molar refractivity (Wildman–Crippen MR) is 78.1 cm³/mol. The van der Waals surface area contributed by atoms with Gasteiger partial charge in [0.05, 0.1) is 6.10 Å². The topological polar surface area (TPSA) is 70.1 Å². The third kappa shape index (κ3) is 4.68. The van der Waals surface area contributed by atoms with Crippen LogP contribution in [0.25, 0.3) is 0 Å². The highest BCUT2D eigenvalue weighted by molar-refractivity contribution is 5.76. The minimum absolute atomic E-state index is 0.173. The van der Waals surface area contributed by atoms with E-state index in [2.05, 4.69) is 0 Å². The summed E-state index contributed by atoms with van der Waals surface area (Å²) < 4.78 is 5.65. The zero-order valence-electron chi connectivity index (χ0n) is 12.8. The van der Waals surface area contributed by atoms with Gasteiger partial charge in [0, 0.05) is 39.2 Å². The lowest BCUT2D eigenvalue weighted by atomic mass is 10.0. The molecule has 2 atom stereocenters. The molecule has 1 N–H and O–H groups in total. The zero-order valence-corrected chi connectivity index (χ0v) is 12.8. The van der Waals surface area contributed by atoms with Crippen molar-refractivity contribution in [1.82, 2.24) is 9.80 Å². The maximum absolute atomic E-state index is 12.2. The van der Waals surface area contributed by atoms with E-state index in [1.165, 1.54) is 6.42 Å². The zero-order chi connectivity index (χ0) is 15.2. The molecule has 0 radical (unpaired) electrons. The monoisotopic (exact) mass is 298 g/mol. The van der Waals surface area contributed by atoms with Crippen molar-refractivity contribution in [3.8, 4) is 0 Å². The highest BCUT2D eigenvalue weighted by Crippen LogP contribution is 2.18. The van der Waals surface area contributed by atoms with E-state index in [1.54, 1.807) is 6.92 Å². The van der Waals surface area contributed by atoms with Crippen LogP contribution in [0.4, 0.5) is 0 Å². The summed E-state index contributed by atoms with van der Waals surface area (Å²) >= 11 is 0. The van der Waals surface area contributed by atoms with E-state index in [9.17, 15) is 9.59 Å². The minimum atomic E-state index is -0.802. The summed E-state index contributed by atoms with van der Waals surface area (Å²) in [6, 6.07) is -0.474. The van der Waals surface area contributed by atoms with Crippen LogP contribution in [-0.2, 0) is 14.3 Å². The Bertz CT molecular complexity index is 361. The lowest BCUT2D eigenvalue weighted by molar-refractivity contribution is -0.144. The number of aliphatic carboxylic acids is 1. The molecule has 6 nitrogen and oxygen atoms in total. The molecule has 2 unspecified atom stereocenters. The van der Waals surface area contributed by atoms with Gasteiger partial charge >= 0.3 is 5.97 Å². The number of nitrogens with zero attached hydrogens (tertiary/aromatic N) is 2. The fraction of sp³-hybridized carbons (Fsp3) is 0.867. The molecular formula is C15H26N2O4. The normalized spacial score (nSPS) is 25.6. The number of hydrogen-bond acceptors (Lipinski definition) is 4. The van der Waals surface area contributed by atoms with E-state index < -0.39 is 12.0 Å². The van der Waals surface area contributed by atoms with Crippen LogP contribution in [0.2, 0.25) is 0 Å².